The highest BCUT2D eigenvalue weighted by Crippen LogP contribution is 2.19. The molecule has 1 aliphatic rings. The number of aliphatic hydroxyl groups is 1. The number of hydrogen-bond donors (Lipinski definition) is 7. The molecule has 0 aromatic heterocycles. The first-order valence-corrected chi connectivity index (χ1v) is 9.48. The number of primary amides is 1. The van der Waals surface area contributed by atoms with Crippen LogP contribution in [-0.2, 0) is 28.8 Å². The van der Waals surface area contributed by atoms with Crippen molar-refractivity contribution in [1.29, 1.82) is 0 Å². The van der Waals surface area contributed by atoms with Crippen LogP contribution in [-0.4, -0.2) is 93.1 Å². The summed E-state index contributed by atoms with van der Waals surface area (Å²) in [5.74, 6) is -5.98. The molecule has 9 N–H and O–H groups in total. The summed E-state index contributed by atoms with van der Waals surface area (Å²) >= 11 is 0. The summed E-state index contributed by atoms with van der Waals surface area (Å²) in [5.41, 5.74) is 10.4. The van der Waals surface area contributed by atoms with Crippen molar-refractivity contribution in [1.82, 2.24) is 15.5 Å². The van der Waals surface area contributed by atoms with Gasteiger partial charge in [-0.15, -0.1) is 0 Å². The third-order valence-corrected chi connectivity index (χ3v) is 4.66. The average Bonchev–Trinajstić information content (AvgIpc) is 3.17. The number of amides is 4. The fraction of sp³-hybridized carbons (Fsp3) is 0.647. The minimum Gasteiger partial charge on any atom is -0.481 e. The minimum atomic E-state index is -1.47. The van der Waals surface area contributed by atoms with E-state index in [1.807, 2.05) is 0 Å². The van der Waals surface area contributed by atoms with Gasteiger partial charge in [0.1, 0.15) is 18.1 Å². The molecular formula is C17H27N5O9. The Labute approximate surface area is 176 Å². The number of carbonyl (C=O) groups is 6. The zero-order valence-electron chi connectivity index (χ0n) is 16.7. The fourth-order valence-corrected chi connectivity index (χ4v) is 3.06. The highest BCUT2D eigenvalue weighted by Gasteiger charge is 2.39. The van der Waals surface area contributed by atoms with Crippen molar-refractivity contribution >= 4 is 35.6 Å². The Morgan fingerprint density at radius 1 is 1.06 bits per heavy atom. The second-order valence-corrected chi connectivity index (χ2v) is 7.04. The topological polar surface area (TPSA) is 242 Å². The van der Waals surface area contributed by atoms with Gasteiger partial charge < -0.3 is 42.3 Å². The van der Waals surface area contributed by atoms with E-state index in [1.54, 1.807) is 0 Å². The van der Waals surface area contributed by atoms with Crippen molar-refractivity contribution in [2.75, 3.05) is 13.2 Å². The number of rotatable bonds is 12. The molecule has 1 fully saturated rings. The van der Waals surface area contributed by atoms with Gasteiger partial charge in [0.25, 0.3) is 0 Å². The molecule has 14 heteroatoms. The Morgan fingerprint density at radius 3 is 2.23 bits per heavy atom. The normalized spacial score (nSPS) is 18.5. The first-order valence-electron chi connectivity index (χ1n) is 9.48. The summed E-state index contributed by atoms with van der Waals surface area (Å²) in [6, 6.07) is -5.36. The molecule has 174 valence electrons. The van der Waals surface area contributed by atoms with Crippen LogP contribution in [0.4, 0.5) is 0 Å². The first-order chi connectivity index (χ1) is 14.5. The van der Waals surface area contributed by atoms with Gasteiger partial charge in [0.2, 0.25) is 23.6 Å². The zero-order valence-corrected chi connectivity index (χ0v) is 16.7. The third-order valence-electron chi connectivity index (χ3n) is 4.66. The van der Waals surface area contributed by atoms with Crippen molar-refractivity contribution in [3.05, 3.63) is 0 Å². The molecule has 0 aliphatic carbocycles. The largest absolute Gasteiger partial charge is 0.481 e. The Morgan fingerprint density at radius 2 is 1.71 bits per heavy atom. The zero-order chi connectivity index (χ0) is 23.7. The Hall–Kier alpha value is -3.26. The lowest BCUT2D eigenvalue weighted by atomic mass is 10.1. The predicted octanol–water partition coefficient (Wildman–Crippen LogP) is -3.91. The van der Waals surface area contributed by atoms with E-state index in [1.165, 1.54) is 0 Å². The van der Waals surface area contributed by atoms with Gasteiger partial charge in [-0.2, -0.15) is 0 Å². The van der Waals surface area contributed by atoms with Gasteiger partial charge in [-0.25, -0.2) is 4.79 Å². The van der Waals surface area contributed by atoms with E-state index in [0.717, 1.165) is 4.90 Å². The van der Waals surface area contributed by atoms with Crippen LogP contribution >= 0.6 is 0 Å². The second-order valence-electron chi connectivity index (χ2n) is 7.04. The quantitative estimate of drug-likeness (QED) is 0.154. The van der Waals surface area contributed by atoms with Crippen LogP contribution in [0.3, 0.4) is 0 Å². The number of aliphatic carboxylic acids is 2. The van der Waals surface area contributed by atoms with Gasteiger partial charge in [0, 0.05) is 13.0 Å². The second kappa shape index (κ2) is 11.8. The highest BCUT2D eigenvalue weighted by molar-refractivity contribution is 5.95. The number of nitrogens with zero attached hydrogens (tertiary/aromatic N) is 1. The molecule has 0 saturated carbocycles. The van der Waals surface area contributed by atoms with Gasteiger partial charge in [-0.1, -0.05) is 0 Å². The maximum atomic E-state index is 12.7. The van der Waals surface area contributed by atoms with Crippen LogP contribution in [0.2, 0.25) is 0 Å². The van der Waals surface area contributed by atoms with Crippen LogP contribution < -0.4 is 22.1 Å². The van der Waals surface area contributed by atoms with Crippen molar-refractivity contribution in [2.24, 2.45) is 11.5 Å². The molecule has 1 rings (SSSR count). The van der Waals surface area contributed by atoms with Crippen LogP contribution in [0.5, 0.6) is 0 Å². The molecule has 0 spiro atoms. The molecular weight excluding hydrogens is 418 g/mol. The molecule has 14 nitrogen and oxygen atoms in total. The number of hydrogen-bond acceptors (Lipinski definition) is 8. The molecule has 4 amide bonds. The molecule has 1 saturated heterocycles. The monoisotopic (exact) mass is 445 g/mol. The number of likely N-dealkylation sites (tertiary alicyclic amines) is 1. The van der Waals surface area contributed by atoms with E-state index in [0.29, 0.717) is 6.42 Å². The van der Waals surface area contributed by atoms with E-state index in [4.69, 9.17) is 16.6 Å². The molecule has 1 aliphatic heterocycles. The Kier molecular flexibility index (Phi) is 9.82. The minimum absolute atomic E-state index is 0.115. The summed E-state index contributed by atoms with van der Waals surface area (Å²) < 4.78 is 0. The maximum absolute atomic E-state index is 12.7. The van der Waals surface area contributed by atoms with Crippen molar-refractivity contribution < 1.29 is 44.1 Å². The molecule has 1 heterocycles. The van der Waals surface area contributed by atoms with Crippen LogP contribution in [0.1, 0.15) is 32.1 Å². The highest BCUT2D eigenvalue weighted by atomic mass is 16.4. The molecule has 0 radical (unpaired) electrons. The lowest BCUT2D eigenvalue weighted by molar-refractivity contribution is -0.145. The van der Waals surface area contributed by atoms with Crippen molar-refractivity contribution in [3.63, 3.8) is 0 Å². The number of aliphatic hydroxyl groups excluding tert-OH is 1. The summed E-state index contributed by atoms with van der Waals surface area (Å²) in [4.78, 5) is 71.2. The molecule has 31 heavy (non-hydrogen) atoms. The van der Waals surface area contributed by atoms with Crippen LogP contribution in [0.25, 0.3) is 0 Å². The van der Waals surface area contributed by atoms with E-state index in [9.17, 15) is 39.0 Å². The predicted molar refractivity (Wildman–Crippen MR) is 102 cm³/mol. The van der Waals surface area contributed by atoms with Gasteiger partial charge >= 0.3 is 11.9 Å². The Bertz CT molecular complexity index is 729. The van der Waals surface area contributed by atoms with E-state index in [-0.39, 0.29) is 25.8 Å². The summed E-state index contributed by atoms with van der Waals surface area (Å²) in [7, 11) is 0. The smallest absolute Gasteiger partial charge is 0.326 e. The third kappa shape index (κ3) is 7.82. The Balaban J connectivity index is 2.82. The van der Waals surface area contributed by atoms with Gasteiger partial charge in [-0.05, 0) is 19.3 Å². The van der Waals surface area contributed by atoms with Gasteiger partial charge in [0.05, 0.1) is 19.1 Å². The van der Waals surface area contributed by atoms with Gasteiger partial charge in [-0.3, -0.25) is 24.0 Å². The molecule has 0 aromatic carbocycles. The van der Waals surface area contributed by atoms with Crippen molar-refractivity contribution in [3.8, 4) is 0 Å². The maximum Gasteiger partial charge on any atom is 0.326 e. The summed E-state index contributed by atoms with van der Waals surface area (Å²) in [5, 5.41) is 31.8. The molecule has 0 aromatic rings. The SMILES string of the molecule is NC(=O)CCC(NC(=O)C1CCCN1C(=O)C(CO)NC(=O)C(N)CC(=O)O)C(=O)O. The van der Waals surface area contributed by atoms with Crippen LogP contribution in [0, 0.1) is 0 Å². The van der Waals surface area contributed by atoms with Gasteiger partial charge in [0.15, 0.2) is 0 Å². The lowest BCUT2D eigenvalue weighted by Crippen LogP contribution is -2.58. The molecule has 0 bridgehead atoms. The fourth-order valence-electron chi connectivity index (χ4n) is 3.06. The van der Waals surface area contributed by atoms with E-state index < -0.39 is 72.8 Å². The first kappa shape index (κ1) is 25.8. The van der Waals surface area contributed by atoms with Crippen LogP contribution in [0.15, 0.2) is 0 Å². The number of nitrogens with one attached hydrogen (secondary N) is 2. The summed E-state index contributed by atoms with van der Waals surface area (Å²) in [6.07, 6.45) is -0.555. The summed E-state index contributed by atoms with van der Waals surface area (Å²) in [6.45, 7) is -0.713. The number of carboxylic acids is 2. The number of carbonyl (C=O) groups excluding carboxylic acids is 4. The van der Waals surface area contributed by atoms with Crippen molar-refractivity contribution in [2.45, 2.75) is 56.3 Å². The lowest BCUT2D eigenvalue weighted by Gasteiger charge is -2.29. The molecule has 4 atom stereocenters. The van der Waals surface area contributed by atoms with E-state index in [2.05, 4.69) is 10.6 Å². The average molecular weight is 445 g/mol. The molecule has 4 unspecified atom stereocenters. The number of carboxylic acid groups (broad SMARTS) is 2. The van der Waals surface area contributed by atoms with E-state index >= 15 is 0 Å². The number of nitrogens with two attached hydrogens (primary N) is 2. The standard InChI is InChI=1S/C17H27N5O9/c18-8(6-13(25)26)14(27)21-10(7-23)16(29)22-5-1-2-11(22)15(28)20-9(17(30)31)3-4-12(19)24/h8-11,23H,1-7,18H2,(H2,19,24)(H,20,28)(H,21,27)(H,25,26)(H,30,31).